The Morgan fingerprint density at radius 1 is 0.732 bits per heavy atom. The van der Waals surface area contributed by atoms with Crippen molar-refractivity contribution >= 4 is 35.2 Å². The van der Waals surface area contributed by atoms with Gasteiger partial charge in [-0.2, -0.15) is 0 Å². The average Bonchev–Trinajstić information content (AvgIpc) is 2.86. The maximum absolute atomic E-state index is 7.00. The van der Waals surface area contributed by atoms with Gasteiger partial charge in [0, 0.05) is 0 Å². The monoisotopic (exact) mass is 662 g/mol. The SMILES string of the molecule is CC[O][In]1[O]c2c(cc(C)cc2C(C)(C)C)C=N[C@@H]2CCCC[C@H]2N=Cc2cc(C(C)(C)C)cc(C(C)(C)C)c2[O]1. The van der Waals surface area contributed by atoms with E-state index in [1.807, 2.05) is 13.1 Å². The molecular weight excluding hydrogens is 611 g/mol. The fraction of sp³-hybridized carbons (Fsp3) is 0.600. The molecule has 2 aromatic carbocycles. The van der Waals surface area contributed by atoms with E-state index in [0.29, 0.717) is 6.61 Å². The van der Waals surface area contributed by atoms with Crippen LogP contribution in [0.15, 0.2) is 34.3 Å². The molecule has 1 fully saturated rings. The molecule has 1 saturated carbocycles. The molecule has 0 radical (unpaired) electrons. The van der Waals surface area contributed by atoms with E-state index < -0.39 is 22.7 Å². The minimum absolute atomic E-state index is 0.0147. The fourth-order valence-corrected chi connectivity index (χ4v) is 9.57. The Hall–Kier alpha value is -1.79. The summed E-state index contributed by atoms with van der Waals surface area (Å²) in [4.78, 5) is 10.4. The van der Waals surface area contributed by atoms with Crippen LogP contribution in [-0.2, 0) is 19.1 Å². The quantitative estimate of drug-likeness (QED) is 0.324. The zero-order valence-electron chi connectivity index (χ0n) is 27.4. The number of rotatable bonds is 2. The summed E-state index contributed by atoms with van der Waals surface area (Å²) in [5.41, 5.74) is 6.55. The zero-order valence-corrected chi connectivity index (χ0v) is 30.6. The van der Waals surface area contributed by atoms with Crippen molar-refractivity contribution in [2.24, 2.45) is 9.98 Å². The molecule has 222 valence electrons. The Bertz CT molecular complexity index is 1290. The van der Waals surface area contributed by atoms with Crippen molar-refractivity contribution in [2.75, 3.05) is 6.61 Å². The Morgan fingerprint density at radius 3 is 1.68 bits per heavy atom. The van der Waals surface area contributed by atoms with Crippen molar-refractivity contribution in [3.63, 3.8) is 0 Å². The fourth-order valence-electron chi connectivity index (χ4n) is 5.67. The van der Waals surface area contributed by atoms with Gasteiger partial charge < -0.3 is 0 Å². The van der Waals surface area contributed by atoms with Gasteiger partial charge in [0.25, 0.3) is 0 Å². The molecule has 5 nitrogen and oxygen atoms in total. The summed E-state index contributed by atoms with van der Waals surface area (Å²) in [6.45, 7) is 25.0. The third-order valence-corrected chi connectivity index (χ3v) is 12.3. The van der Waals surface area contributed by atoms with Crippen molar-refractivity contribution in [3.8, 4) is 11.5 Å². The van der Waals surface area contributed by atoms with Gasteiger partial charge >= 0.3 is 260 Å². The summed E-state index contributed by atoms with van der Waals surface area (Å²) in [6, 6.07) is 9.32. The zero-order chi connectivity index (χ0) is 30.2. The maximum atomic E-state index is 7.00. The van der Waals surface area contributed by atoms with Crippen LogP contribution < -0.4 is 5.71 Å². The van der Waals surface area contributed by atoms with Gasteiger partial charge in [0.2, 0.25) is 0 Å². The molecule has 0 N–H and O–H groups in total. The van der Waals surface area contributed by atoms with Crippen LogP contribution in [-0.4, -0.2) is 53.9 Å². The van der Waals surface area contributed by atoms with Crippen molar-refractivity contribution in [2.45, 2.75) is 130 Å². The second kappa shape index (κ2) is 12.4. The van der Waals surface area contributed by atoms with Gasteiger partial charge in [0.05, 0.1) is 0 Å². The topological polar surface area (TPSA) is 52.4 Å². The first-order chi connectivity index (χ1) is 19.1. The van der Waals surface area contributed by atoms with Gasteiger partial charge in [0.1, 0.15) is 0 Å². The van der Waals surface area contributed by atoms with Gasteiger partial charge in [-0.3, -0.25) is 0 Å². The molecule has 0 amide bonds. The summed E-state index contributed by atoms with van der Waals surface area (Å²) in [5, 5.41) is 0. The molecule has 0 saturated heterocycles. The molecule has 1 aliphatic heterocycles. The van der Waals surface area contributed by atoms with Gasteiger partial charge in [-0.05, 0) is 0 Å². The normalized spacial score (nSPS) is 20.0. The van der Waals surface area contributed by atoms with Crippen LogP contribution in [0.2, 0.25) is 0 Å². The molecule has 2 aliphatic rings. The molecule has 0 aromatic heterocycles. The van der Waals surface area contributed by atoms with E-state index in [1.165, 1.54) is 29.5 Å². The molecular formula is C35H51InN2O3. The predicted molar refractivity (Wildman–Crippen MR) is 174 cm³/mol. The first kappa shape index (κ1) is 32.1. The second-order valence-corrected chi connectivity index (χ2v) is 18.8. The standard InChI is InChI=1S/C33H48N2O2.C2H5O.In/c1-21-15-22(29(36)25(16-21)32(5,6)7)19-34-27-13-11-12-14-28(27)35-20-23-17-24(31(2,3)4)18-26(30(23)37)33(8,9)10;1-2-3;/h15-20,27-28,36-37H,11-14H2,1-10H3;2H2,1H3;/q;-1;+3/p-2/t27-,28-;;/m1../s1. The van der Waals surface area contributed by atoms with Gasteiger partial charge in [-0.15, -0.1) is 0 Å². The minimum atomic E-state index is -3.61. The summed E-state index contributed by atoms with van der Waals surface area (Å²) in [6.07, 6.45) is 8.56. The summed E-state index contributed by atoms with van der Waals surface area (Å²) >= 11 is -3.61. The van der Waals surface area contributed by atoms with Crippen molar-refractivity contribution in [3.05, 3.63) is 57.6 Å². The summed E-state index contributed by atoms with van der Waals surface area (Å²) < 4.78 is 20.3. The molecule has 0 bridgehead atoms. The van der Waals surface area contributed by atoms with E-state index in [-0.39, 0.29) is 28.3 Å². The number of fused-ring (bicyclic) bond motifs is 3. The number of aryl methyl sites for hydroxylation is 1. The number of benzene rings is 2. The van der Waals surface area contributed by atoms with Crippen LogP contribution in [0.3, 0.4) is 0 Å². The molecule has 41 heavy (non-hydrogen) atoms. The molecule has 1 aliphatic carbocycles. The summed E-state index contributed by atoms with van der Waals surface area (Å²) in [5.74, 6) is 1.72. The Kier molecular flexibility index (Phi) is 9.75. The van der Waals surface area contributed by atoms with E-state index in [1.54, 1.807) is 0 Å². The van der Waals surface area contributed by atoms with E-state index in [2.05, 4.69) is 99.7 Å². The average molecular weight is 663 g/mol. The first-order valence-corrected chi connectivity index (χ1v) is 19.5. The number of hydrogen-bond acceptors (Lipinski definition) is 5. The Morgan fingerprint density at radius 2 is 1.22 bits per heavy atom. The molecule has 2 aromatic rings. The first-order valence-electron chi connectivity index (χ1n) is 15.4. The van der Waals surface area contributed by atoms with E-state index in [4.69, 9.17) is 18.5 Å². The van der Waals surface area contributed by atoms with Crippen molar-refractivity contribution in [1.82, 2.24) is 0 Å². The van der Waals surface area contributed by atoms with Crippen LogP contribution in [0.1, 0.15) is 128 Å². The molecule has 0 spiro atoms. The number of nitrogens with zero attached hydrogens (tertiary/aromatic N) is 2. The van der Waals surface area contributed by atoms with Gasteiger partial charge in [-0.1, -0.05) is 0 Å². The van der Waals surface area contributed by atoms with Crippen molar-refractivity contribution in [1.29, 1.82) is 0 Å². The molecule has 4 rings (SSSR count). The third-order valence-electron chi connectivity index (χ3n) is 8.10. The third kappa shape index (κ3) is 7.79. The van der Waals surface area contributed by atoms with E-state index in [9.17, 15) is 0 Å². The van der Waals surface area contributed by atoms with Gasteiger partial charge in [-0.25, -0.2) is 0 Å². The summed E-state index contributed by atoms with van der Waals surface area (Å²) in [7, 11) is 0. The van der Waals surface area contributed by atoms with Gasteiger partial charge in [0.15, 0.2) is 0 Å². The Balaban J connectivity index is 2.00. The predicted octanol–water partition coefficient (Wildman–Crippen LogP) is 8.53. The van der Waals surface area contributed by atoms with Crippen LogP contribution >= 0.6 is 0 Å². The molecule has 6 heteroatoms. The molecule has 1 heterocycles. The molecule has 2 atom stereocenters. The van der Waals surface area contributed by atoms with Crippen molar-refractivity contribution < 1.29 is 8.56 Å². The Labute approximate surface area is 258 Å². The number of aliphatic imine (C=N–C) groups is 2. The van der Waals surface area contributed by atoms with Crippen LogP contribution in [0.4, 0.5) is 0 Å². The second-order valence-electron chi connectivity index (χ2n) is 14.9. The van der Waals surface area contributed by atoms with E-state index in [0.717, 1.165) is 41.0 Å². The van der Waals surface area contributed by atoms with Crippen LogP contribution in [0, 0.1) is 6.92 Å². The van der Waals surface area contributed by atoms with Crippen LogP contribution in [0.25, 0.3) is 0 Å². The number of hydrogen-bond donors (Lipinski definition) is 0. The van der Waals surface area contributed by atoms with E-state index >= 15 is 0 Å². The van der Waals surface area contributed by atoms with Crippen LogP contribution in [0.5, 0.6) is 11.5 Å². The molecule has 0 unspecified atom stereocenters.